The maximum atomic E-state index is 9.58. The lowest BCUT2D eigenvalue weighted by atomic mass is 9.89. The van der Waals surface area contributed by atoms with E-state index in [9.17, 15) is 5.26 Å². The van der Waals surface area contributed by atoms with Crippen LogP contribution in [0.1, 0.15) is 51.4 Å². The Balaban J connectivity index is 2.29. The molecule has 2 rings (SSSR count). The molecule has 0 N–H and O–H groups in total. The first kappa shape index (κ1) is 22.2. The minimum absolute atomic E-state index is 0.0406. The van der Waals surface area contributed by atoms with Crippen molar-refractivity contribution in [1.29, 1.82) is 5.26 Å². The van der Waals surface area contributed by atoms with Crippen molar-refractivity contribution < 1.29 is 4.74 Å². The number of hydrogen-bond acceptors (Lipinski definition) is 5. The average molecular weight is 419 g/mol. The molecule has 0 spiro atoms. The molecule has 0 radical (unpaired) electrons. The fourth-order valence-corrected chi connectivity index (χ4v) is 3.29. The van der Waals surface area contributed by atoms with Gasteiger partial charge in [0, 0.05) is 30.7 Å². The summed E-state index contributed by atoms with van der Waals surface area (Å²) in [6, 6.07) is 6.21. The minimum atomic E-state index is 0.0406. The summed E-state index contributed by atoms with van der Waals surface area (Å²) < 4.78 is 10.4. The molecule has 150 valence electrons. The predicted molar refractivity (Wildman–Crippen MR) is 117 cm³/mol. The second kappa shape index (κ2) is 8.93. The van der Waals surface area contributed by atoms with Crippen LogP contribution in [0.5, 0.6) is 10.8 Å². The van der Waals surface area contributed by atoms with Crippen molar-refractivity contribution in [3.63, 3.8) is 0 Å². The number of hydrogen-bond donors (Lipinski definition) is 0. The Hall–Kier alpha value is -2.10. The maximum absolute atomic E-state index is 9.58. The van der Waals surface area contributed by atoms with Crippen LogP contribution >= 0.6 is 23.1 Å². The van der Waals surface area contributed by atoms with Crippen LogP contribution < -0.4 is 4.74 Å². The van der Waals surface area contributed by atoms with Gasteiger partial charge in [-0.3, -0.25) is 0 Å². The van der Waals surface area contributed by atoms with E-state index in [-0.39, 0.29) is 5.41 Å². The molecule has 0 aliphatic rings. The molecule has 0 aliphatic carbocycles. The number of aromatic nitrogens is 1. The second-order valence-electron chi connectivity index (χ2n) is 8.32. The molecule has 1 aromatic heterocycles. The second-order valence-corrected chi connectivity index (χ2v) is 9.46. The third-order valence-electron chi connectivity index (χ3n) is 4.18. The summed E-state index contributed by atoms with van der Waals surface area (Å²) in [4.78, 5) is 6.47. The molecule has 0 bridgehead atoms. The summed E-state index contributed by atoms with van der Waals surface area (Å²) >= 11 is 7.61. The van der Waals surface area contributed by atoms with Crippen molar-refractivity contribution in [2.45, 2.75) is 54.0 Å². The number of nitrogens with zero attached hydrogens (tertiary/aromatic N) is 4. The molecule has 1 heterocycles. The molecule has 0 amide bonds. The molecule has 1 aromatic carbocycles. The van der Waals surface area contributed by atoms with Gasteiger partial charge in [-0.25, -0.2) is 4.99 Å². The summed E-state index contributed by atoms with van der Waals surface area (Å²) in [7, 11) is 1.97. The van der Waals surface area contributed by atoms with E-state index in [4.69, 9.17) is 16.3 Å². The first-order chi connectivity index (χ1) is 13.0. The van der Waals surface area contributed by atoms with E-state index < -0.39 is 0 Å². The SMILES string of the molecule is Cc1cc(/N=C\N(C)C(C)C)c(Cl)cc1Oc1snc(CC(C)(C)C)c1C#N. The standard InChI is InChI=1S/C21H27ClN4OS/c1-13(2)26(7)12-24-17-8-14(3)19(9-16(17)22)27-20-15(11-23)18(25-28-20)10-21(4,5)6/h8-9,12-13H,10H2,1-7H3/b24-12-. The normalized spacial score (nSPS) is 11.9. The number of aryl methyl sites for hydroxylation is 1. The Bertz CT molecular complexity index is 906. The van der Waals surface area contributed by atoms with E-state index in [0.29, 0.717) is 39.5 Å². The van der Waals surface area contributed by atoms with Crippen LogP contribution in [-0.4, -0.2) is 28.7 Å². The molecule has 5 nitrogen and oxygen atoms in total. The summed E-state index contributed by atoms with van der Waals surface area (Å²) in [5.41, 5.74) is 2.88. The Labute approximate surface area is 176 Å². The molecule has 0 aliphatic heterocycles. The van der Waals surface area contributed by atoms with Crippen LogP contribution in [0.2, 0.25) is 5.02 Å². The maximum Gasteiger partial charge on any atom is 0.218 e. The van der Waals surface area contributed by atoms with Crippen LogP contribution in [0.15, 0.2) is 17.1 Å². The lowest BCUT2D eigenvalue weighted by Gasteiger charge is -2.17. The van der Waals surface area contributed by atoms with Gasteiger partial charge in [-0.2, -0.15) is 9.64 Å². The molecule has 28 heavy (non-hydrogen) atoms. The first-order valence-electron chi connectivity index (χ1n) is 9.14. The third kappa shape index (κ3) is 5.70. The third-order valence-corrected chi connectivity index (χ3v) is 5.25. The smallest absolute Gasteiger partial charge is 0.218 e. The van der Waals surface area contributed by atoms with Crippen molar-refractivity contribution >= 4 is 35.2 Å². The van der Waals surface area contributed by atoms with Crippen LogP contribution in [0, 0.1) is 23.7 Å². The molecule has 0 fully saturated rings. The van der Waals surface area contributed by atoms with Gasteiger partial charge in [-0.05, 0) is 44.2 Å². The molecule has 0 saturated heterocycles. The van der Waals surface area contributed by atoms with Gasteiger partial charge < -0.3 is 9.64 Å². The monoisotopic (exact) mass is 418 g/mol. The van der Waals surface area contributed by atoms with Crippen LogP contribution in [0.3, 0.4) is 0 Å². The van der Waals surface area contributed by atoms with Crippen LogP contribution in [0.25, 0.3) is 0 Å². The number of nitriles is 1. The van der Waals surface area contributed by atoms with Gasteiger partial charge in [0.25, 0.3) is 0 Å². The highest BCUT2D eigenvalue weighted by molar-refractivity contribution is 7.08. The van der Waals surface area contributed by atoms with E-state index >= 15 is 0 Å². The van der Waals surface area contributed by atoms with Crippen LogP contribution in [-0.2, 0) is 6.42 Å². The molecule has 0 unspecified atom stereocenters. The van der Waals surface area contributed by atoms with Crippen molar-refractivity contribution in [3.8, 4) is 16.9 Å². The van der Waals surface area contributed by atoms with Gasteiger partial charge in [-0.1, -0.05) is 32.4 Å². The Morgan fingerprint density at radius 1 is 1.39 bits per heavy atom. The van der Waals surface area contributed by atoms with Crippen molar-refractivity contribution in [3.05, 3.63) is 34.0 Å². The predicted octanol–water partition coefficient (Wildman–Crippen LogP) is 6.36. The molecular weight excluding hydrogens is 392 g/mol. The van der Waals surface area contributed by atoms with Gasteiger partial charge in [-0.15, -0.1) is 0 Å². The fraction of sp³-hybridized carbons (Fsp3) is 0.476. The summed E-state index contributed by atoms with van der Waals surface area (Å²) in [6.45, 7) is 12.5. The largest absolute Gasteiger partial charge is 0.443 e. The number of benzene rings is 1. The molecule has 2 aromatic rings. The number of ether oxygens (including phenoxy) is 1. The number of aliphatic imine (C=N–C) groups is 1. The number of halogens is 1. The van der Waals surface area contributed by atoms with Gasteiger partial charge in [0.1, 0.15) is 17.4 Å². The molecule has 7 heteroatoms. The Morgan fingerprint density at radius 2 is 2.07 bits per heavy atom. The van der Waals surface area contributed by atoms with E-state index in [1.807, 2.05) is 24.9 Å². The zero-order valence-corrected chi connectivity index (χ0v) is 19.1. The highest BCUT2D eigenvalue weighted by Gasteiger charge is 2.21. The van der Waals surface area contributed by atoms with E-state index in [0.717, 1.165) is 11.3 Å². The fourth-order valence-electron chi connectivity index (χ4n) is 2.35. The van der Waals surface area contributed by atoms with E-state index in [1.165, 1.54) is 11.5 Å². The highest BCUT2D eigenvalue weighted by atomic mass is 35.5. The summed E-state index contributed by atoms with van der Waals surface area (Å²) in [5.74, 6) is 0.601. The number of rotatable bonds is 6. The van der Waals surface area contributed by atoms with Gasteiger partial charge >= 0.3 is 0 Å². The molecule has 0 atom stereocenters. The summed E-state index contributed by atoms with van der Waals surface area (Å²) in [5, 5.41) is 10.6. The molecule has 0 saturated carbocycles. The van der Waals surface area contributed by atoms with Crippen molar-refractivity contribution in [1.82, 2.24) is 9.27 Å². The van der Waals surface area contributed by atoms with Gasteiger partial charge in [0.2, 0.25) is 5.06 Å². The Morgan fingerprint density at radius 3 is 2.64 bits per heavy atom. The first-order valence-corrected chi connectivity index (χ1v) is 10.3. The topological polar surface area (TPSA) is 61.5 Å². The molecular formula is C21H27ClN4OS. The van der Waals surface area contributed by atoms with E-state index in [1.54, 1.807) is 12.4 Å². The summed E-state index contributed by atoms with van der Waals surface area (Å²) in [6.07, 6.45) is 2.48. The van der Waals surface area contributed by atoms with Gasteiger partial charge in [0.15, 0.2) is 0 Å². The van der Waals surface area contributed by atoms with Crippen molar-refractivity contribution in [2.24, 2.45) is 10.4 Å². The van der Waals surface area contributed by atoms with E-state index in [2.05, 4.69) is 50.1 Å². The lowest BCUT2D eigenvalue weighted by Crippen LogP contribution is -2.24. The average Bonchev–Trinajstić information content (AvgIpc) is 2.95. The zero-order chi connectivity index (χ0) is 21.1. The van der Waals surface area contributed by atoms with Crippen LogP contribution in [0.4, 0.5) is 5.69 Å². The van der Waals surface area contributed by atoms with Crippen molar-refractivity contribution in [2.75, 3.05) is 7.05 Å². The van der Waals surface area contributed by atoms with Gasteiger partial charge in [0.05, 0.1) is 22.7 Å². The lowest BCUT2D eigenvalue weighted by molar-refractivity contribution is 0.406. The highest BCUT2D eigenvalue weighted by Crippen LogP contribution is 2.38. The minimum Gasteiger partial charge on any atom is -0.443 e. The Kier molecular flexibility index (Phi) is 7.08. The zero-order valence-electron chi connectivity index (χ0n) is 17.5. The quantitative estimate of drug-likeness (QED) is 0.404.